The van der Waals surface area contributed by atoms with Crippen LogP contribution >= 0.6 is 0 Å². The highest BCUT2D eigenvalue weighted by molar-refractivity contribution is 7.91. The Labute approximate surface area is 124 Å². The number of carbonyl (C=O) groups excluding carboxylic acids is 1. The minimum absolute atomic E-state index is 0.0462. The van der Waals surface area contributed by atoms with E-state index in [1.165, 1.54) is 0 Å². The van der Waals surface area contributed by atoms with Crippen molar-refractivity contribution in [3.63, 3.8) is 0 Å². The van der Waals surface area contributed by atoms with Crippen LogP contribution in [0.2, 0.25) is 0 Å². The van der Waals surface area contributed by atoms with Gasteiger partial charge in [-0.25, -0.2) is 8.42 Å². The van der Waals surface area contributed by atoms with Gasteiger partial charge in [0.05, 0.1) is 17.5 Å². The van der Waals surface area contributed by atoms with Gasteiger partial charge in [-0.15, -0.1) is 0 Å². The molecule has 2 heterocycles. The van der Waals surface area contributed by atoms with Crippen molar-refractivity contribution in [2.24, 2.45) is 0 Å². The molecule has 1 amide bonds. The number of rotatable bonds is 2. The fraction of sp³-hybridized carbons (Fsp3) is 0.500. The lowest BCUT2D eigenvalue weighted by Crippen LogP contribution is -2.53. The predicted molar refractivity (Wildman–Crippen MR) is 82.3 cm³/mol. The number of anilines is 2. The van der Waals surface area contributed by atoms with E-state index >= 15 is 0 Å². The van der Waals surface area contributed by atoms with Gasteiger partial charge in [-0.1, -0.05) is 6.07 Å². The van der Waals surface area contributed by atoms with E-state index in [2.05, 4.69) is 10.6 Å². The van der Waals surface area contributed by atoms with Crippen molar-refractivity contribution in [1.29, 1.82) is 0 Å². The van der Waals surface area contributed by atoms with E-state index in [-0.39, 0.29) is 23.5 Å². The molecule has 0 bridgehead atoms. The number of carbonyl (C=O) groups is 1. The third-order valence-electron chi connectivity index (χ3n) is 4.19. The van der Waals surface area contributed by atoms with E-state index in [9.17, 15) is 13.2 Å². The predicted octanol–water partition coefficient (Wildman–Crippen LogP) is 0.322. The number of nitrogens with one attached hydrogen (secondary N) is 2. The highest BCUT2D eigenvalue weighted by Crippen LogP contribution is 2.28. The van der Waals surface area contributed by atoms with Crippen LogP contribution in [-0.2, 0) is 21.1 Å². The standard InChI is InChI=1S/C14H19N3O3S/c1-15-11-3-2-10-8-13(14(18)16-12(10)9-11)17-4-6-21(19,20)7-5-17/h2-3,9,13,15H,4-8H2,1H3,(H,16,18). The topological polar surface area (TPSA) is 78.5 Å². The van der Waals surface area contributed by atoms with E-state index in [0.29, 0.717) is 19.5 Å². The first-order valence-corrected chi connectivity index (χ1v) is 8.87. The van der Waals surface area contributed by atoms with Gasteiger partial charge in [0.1, 0.15) is 0 Å². The molecule has 2 aliphatic heterocycles. The lowest BCUT2D eigenvalue weighted by Gasteiger charge is -2.36. The molecule has 2 N–H and O–H groups in total. The molecule has 2 aliphatic rings. The van der Waals surface area contributed by atoms with Gasteiger partial charge in [-0.3, -0.25) is 9.69 Å². The lowest BCUT2D eigenvalue weighted by atomic mass is 9.97. The average molecular weight is 309 g/mol. The Bertz CT molecular complexity index is 658. The molecule has 0 aromatic heterocycles. The van der Waals surface area contributed by atoms with Crippen molar-refractivity contribution in [3.8, 4) is 0 Å². The van der Waals surface area contributed by atoms with Crippen LogP contribution in [0.1, 0.15) is 5.56 Å². The molecule has 1 saturated heterocycles. The molecule has 7 heteroatoms. The van der Waals surface area contributed by atoms with Crippen LogP contribution in [0, 0.1) is 0 Å². The fourth-order valence-electron chi connectivity index (χ4n) is 2.88. The zero-order valence-corrected chi connectivity index (χ0v) is 12.7. The first-order valence-electron chi connectivity index (χ1n) is 7.04. The van der Waals surface area contributed by atoms with Gasteiger partial charge in [0.15, 0.2) is 9.84 Å². The molecular formula is C14H19N3O3S. The third-order valence-corrected chi connectivity index (χ3v) is 5.80. The van der Waals surface area contributed by atoms with Gasteiger partial charge in [-0.05, 0) is 24.1 Å². The second kappa shape index (κ2) is 5.31. The van der Waals surface area contributed by atoms with Crippen molar-refractivity contribution in [2.75, 3.05) is 42.3 Å². The molecule has 21 heavy (non-hydrogen) atoms. The first kappa shape index (κ1) is 14.3. The molecule has 1 aromatic rings. The van der Waals surface area contributed by atoms with Gasteiger partial charge >= 0.3 is 0 Å². The van der Waals surface area contributed by atoms with Crippen molar-refractivity contribution in [2.45, 2.75) is 12.5 Å². The summed E-state index contributed by atoms with van der Waals surface area (Å²) in [5.74, 6) is 0.236. The Balaban J connectivity index is 1.78. The van der Waals surface area contributed by atoms with Gasteiger partial charge in [-0.2, -0.15) is 0 Å². The molecule has 6 nitrogen and oxygen atoms in total. The number of hydrogen-bond donors (Lipinski definition) is 2. The molecular weight excluding hydrogens is 290 g/mol. The Morgan fingerprint density at radius 2 is 2.00 bits per heavy atom. The van der Waals surface area contributed by atoms with Crippen LogP contribution in [0.4, 0.5) is 11.4 Å². The van der Waals surface area contributed by atoms with Crippen LogP contribution in [0.25, 0.3) is 0 Å². The largest absolute Gasteiger partial charge is 0.388 e. The second-order valence-corrected chi connectivity index (χ2v) is 7.82. The van der Waals surface area contributed by atoms with Crippen molar-refractivity contribution in [3.05, 3.63) is 23.8 Å². The highest BCUT2D eigenvalue weighted by Gasteiger charge is 2.34. The summed E-state index contributed by atoms with van der Waals surface area (Å²) >= 11 is 0. The molecule has 0 radical (unpaired) electrons. The second-order valence-electron chi connectivity index (χ2n) is 5.52. The third kappa shape index (κ3) is 2.89. The number of fused-ring (bicyclic) bond motifs is 1. The Kier molecular flexibility index (Phi) is 3.62. The van der Waals surface area contributed by atoms with Gasteiger partial charge < -0.3 is 10.6 Å². The van der Waals surface area contributed by atoms with Crippen molar-refractivity contribution < 1.29 is 13.2 Å². The number of benzene rings is 1. The number of sulfone groups is 1. The van der Waals surface area contributed by atoms with E-state index < -0.39 is 9.84 Å². The van der Waals surface area contributed by atoms with E-state index in [1.54, 1.807) is 0 Å². The van der Waals surface area contributed by atoms with Gasteiger partial charge in [0, 0.05) is 31.5 Å². The molecule has 114 valence electrons. The molecule has 3 rings (SSSR count). The maximum Gasteiger partial charge on any atom is 0.242 e. The molecule has 1 atom stereocenters. The number of amides is 1. The summed E-state index contributed by atoms with van der Waals surface area (Å²) in [6.45, 7) is 0.870. The monoisotopic (exact) mass is 309 g/mol. The average Bonchev–Trinajstić information content (AvgIpc) is 2.46. The quantitative estimate of drug-likeness (QED) is 0.823. The van der Waals surface area contributed by atoms with Crippen LogP contribution in [0.3, 0.4) is 0 Å². The van der Waals surface area contributed by atoms with E-state index in [0.717, 1.165) is 16.9 Å². The smallest absolute Gasteiger partial charge is 0.242 e. The minimum atomic E-state index is -2.92. The SMILES string of the molecule is CNc1ccc2c(c1)NC(=O)C(N1CCS(=O)(=O)CC1)C2. The molecule has 0 spiro atoms. The van der Waals surface area contributed by atoms with E-state index in [1.807, 2.05) is 30.1 Å². The Morgan fingerprint density at radius 3 is 2.67 bits per heavy atom. The molecule has 0 aliphatic carbocycles. The Morgan fingerprint density at radius 1 is 1.29 bits per heavy atom. The zero-order valence-electron chi connectivity index (χ0n) is 11.9. The number of hydrogen-bond acceptors (Lipinski definition) is 5. The lowest BCUT2D eigenvalue weighted by molar-refractivity contribution is -0.121. The van der Waals surface area contributed by atoms with Gasteiger partial charge in [0.25, 0.3) is 0 Å². The summed E-state index contributed by atoms with van der Waals surface area (Å²) in [5, 5.41) is 5.98. The minimum Gasteiger partial charge on any atom is -0.388 e. The number of nitrogens with zero attached hydrogens (tertiary/aromatic N) is 1. The highest BCUT2D eigenvalue weighted by atomic mass is 32.2. The molecule has 1 unspecified atom stereocenters. The Hall–Kier alpha value is -1.60. The van der Waals surface area contributed by atoms with Crippen molar-refractivity contribution in [1.82, 2.24) is 4.90 Å². The van der Waals surface area contributed by atoms with E-state index in [4.69, 9.17) is 0 Å². The van der Waals surface area contributed by atoms with Gasteiger partial charge in [0.2, 0.25) is 5.91 Å². The molecule has 1 fully saturated rings. The summed E-state index contributed by atoms with van der Waals surface area (Å²) < 4.78 is 23.0. The van der Waals surface area contributed by atoms with Crippen LogP contribution in [0.5, 0.6) is 0 Å². The van der Waals surface area contributed by atoms with Crippen molar-refractivity contribution >= 4 is 27.1 Å². The normalized spacial score (nSPS) is 25.0. The summed E-state index contributed by atoms with van der Waals surface area (Å²) in [5.41, 5.74) is 2.89. The van der Waals surface area contributed by atoms with Crippen LogP contribution in [-0.4, -0.2) is 56.9 Å². The fourth-order valence-corrected chi connectivity index (χ4v) is 4.11. The summed E-state index contributed by atoms with van der Waals surface area (Å²) in [6.07, 6.45) is 0.630. The maximum atomic E-state index is 12.3. The van der Waals surface area contributed by atoms with Crippen LogP contribution < -0.4 is 10.6 Å². The molecule has 0 saturated carbocycles. The first-order chi connectivity index (χ1) is 9.98. The maximum absolute atomic E-state index is 12.3. The molecule has 1 aromatic carbocycles. The summed E-state index contributed by atoms with van der Waals surface area (Å²) in [7, 11) is -1.09. The zero-order chi connectivity index (χ0) is 15.0. The van der Waals surface area contributed by atoms with Crippen LogP contribution in [0.15, 0.2) is 18.2 Å². The summed E-state index contributed by atoms with van der Waals surface area (Å²) in [4.78, 5) is 14.3. The summed E-state index contributed by atoms with van der Waals surface area (Å²) in [6, 6.07) is 5.64.